The maximum absolute atomic E-state index is 12.9. The molecule has 1 aliphatic heterocycles. The van der Waals surface area contributed by atoms with Crippen LogP contribution in [0.3, 0.4) is 0 Å². The minimum atomic E-state index is -4.73. The van der Waals surface area contributed by atoms with E-state index in [0.29, 0.717) is 30.2 Å². The van der Waals surface area contributed by atoms with Gasteiger partial charge in [-0.2, -0.15) is 18.2 Å². The van der Waals surface area contributed by atoms with E-state index in [0.717, 1.165) is 4.88 Å². The number of nitrogens with zero attached hydrogens (tertiary/aromatic N) is 3. The molecule has 1 atom stereocenters. The number of nitrogens with one attached hydrogen (secondary N) is 1. The summed E-state index contributed by atoms with van der Waals surface area (Å²) < 4.78 is 47.6. The lowest BCUT2D eigenvalue weighted by atomic mass is 10.1. The molecule has 1 aromatic carbocycles. The highest BCUT2D eigenvalue weighted by Crippen LogP contribution is 2.29. The van der Waals surface area contributed by atoms with Crippen LogP contribution in [-0.2, 0) is 10.9 Å². The van der Waals surface area contributed by atoms with Crippen LogP contribution in [0.15, 0.2) is 40.9 Å². The predicted octanol–water partition coefficient (Wildman–Crippen LogP) is 3.40. The molecule has 3 aromatic rings. The third-order valence-electron chi connectivity index (χ3n) is 5.01. The second kappa shape index (κ2) is 9.32. The van der Waals surface area contributed by atoms with Gasteiger partial charge in [0.05, 0.1) is 24.1 Å². The zero-order valence-corrected chi connectivity index (χ0v) is 18.2. The number of morpholine rings is 1. The van der Waals surface area contributed by atoms with Crippen molar-refractivity contribution in [3.8, 4) is 11.4 Å². The molecule has 1 aliphatic rings. The predicted molar refractivity (Wildman–Crippen MR) is 112 cm³/mol. The van der Waals surface area contributed by atoms with Crippen molar-refractivity contribution in [1.82, 2.24) is 20.4 Å². The van der Waals surface area contributed by atoms with E-state index in [4.69, 9.17) is 4.74 Å². The quantitative estimate of drug-likeness (QED) is 0.601. The Morgan fingerprint density at radius 3 is 2.61 bits per heavy atom. The first-order valence-corrected chi connectivity index (χ1v) is 10.8. The molecule has 33 heavy (non-hydrogen) atoms. The molecule has 0 bridgehead atoms. The molecule has 2 aromatic heterocycles. The molecule has 0 unspecified atom stereocenters. The maximum atomic E-state index is 12.9. The lowest BCUT2D eigenvalue weighted by molar-refractivity contribution is -0.159. The van der Waals surface area contributed by atoms with Crippen LogP contribution in [0.4, 0.5) is 13.2 Å². The fraction of sp³-hybridized carbons (Fsp3) is 0.333. The molecule has 0 saturated carbocycles. The summed E-state index contributed by atoms with van der Waals surface area (Å²) in [5.41, 5.74) is 0.566. The summed E-state index contributed by atoms with van der Waals surface area (Å²) in [4.78, 5) is 32.1. The number of alkyl halides is 3. The smallest absolute Gasteiger partial charge is 0.377 e. The van der Waals surface area contributed by atoms with E-state index in [1.807, 2.05) is 13.0 Å². The minimum absolute atomic E-state index is 0.0988. The monoisotopic (exact) mass is 480 g/mol. The van der Waals surface area contributed by atoms with E-state index in [-0.39, 0.29) is 29.9 Å². The number of ether oxygens (including phenoxy) is 1. The van der Waals surface area contributed by atoms with Crippen molar-refractivity contribution in [2.75, 3.05) is 26.3 Å². The van der Waals surface area contributed by atoms with Crippen LogP contribution in [0.1, 0.15) is 30.8 Å². The molecule has 1 saturated heterocycles. The number of rotatable bonds is 5. The number of thiophene rings is 1. The molecule has 0 spiro atoms. The van der Waals surface area contributed by atoms with E-state index in [9.17, 15) is 22.8 Å². The molecule has 3 heterocycles. The summed E-state index contributed by atoms with van der Waals surface area (Å²) in [6, 6.07) is 9.11. The van der Waals surface area contributed by atoms with Gasteiger partial charge in [-0.15, -0.1) is 11.3 Å². The lowest BCUT2D eigenvalue weighted by Crippen LogP contribution is -2.53. The summed E-state index contributed by atoms with van der Waals surface area (Å²) in [5, 5.41) is 6.10. The highest BCUT2D eigenvalue weighted by atomic mass is 32.1. The Balaban J connectivity index is 1.38. The van der Waals surface area contributed by atoms with E-state index in [2.05, 4.69) is 20.0 Å². The van der Waals surface area contributed by atoms with Crippen LogP contribution in [-0.4, -0.2) is 59.2 Å². The molecule has 1 fully saturated rings. The minimum Gasteiger partial charge on any atom is -0.377 e. The Bertz CT molecular complexity index is 1140. The number of aromatic nitrogens is 2. The van der Waals surface area contributed by atoms with Gasteiger partial charge >= 0.3 is 12.1 Å². The highest BCUT2D eigenvalue weighted by molar-refractivity contribution is 7.13. The Morgan fingerprint density at radius 1 is 1.21 bits per heavy atom. The van der Waals surface area contributed by atoms with E-state index in [1.54, 1.807) is 11.0 Å². The van der Waals surface area contributed by atoms with Crippen molar-refractivity contribution < 1.29 is 32.0 Å². The number of aryl methyl sites for hydroxylation is 1. The fourth-order valence-corrected chi connectivity index (χ4v) is 4.15. The molecule has 8 nitrogen and oxygen atoms in total. The van der Waals surface area contributed by atoms with Gasteiger partial charge in [0.1, 0.15) is 0 Å². The summed E-state index contributed by atoms with van der Waals surface area (Å²) in [6.45, 7) is 3.27. The largest absolute Gasteiger partial charge is 0.471 e. The lowest BCUT2D eigenvalue weighted by Gasteiger charge is -2.35. The Morgan fingerprint density at radius 2 is 1.97 bits per heavy atom. The first kappa shape index (κ1) is 22.9. The SMILES string of the molecule is Cc1ccc(C(=O)N2CCOC[C@H]2CNC(=O)c2ccc(-c3noc(C(F)(F)F)n3)cc2)s1. The summed E-state index contributed by atoms with van der Waals surface area (Å²) in [7, 11) is 0. The van der Waals surface area contributed by atoms with E-state index in [1.165, 1.54) is 35.6 Å². The Labute approximate surface area is 190 Å². The van der Waals surface area contributed by atoms with E-state index >= 15 is 0 Å². The normalized spacial score (nSPS) is 16.6. The Kier molecular flexibility index (Phi) is 6.47. The van der Waals surface area contributed by atoms with Gasteiger partial charge in [0.2, 0.25) is 5.82 Å². The van der Waals surface area contributed by atoms with Crippen LogP contribution in [0, 0.1) is 6.92 Å². The first-order valence-electron chi connectivity index (χ1n) is 9.97. The molecule has 2 amide bonds. The van der Waals surface area contributed by atoms with Crippen LogP contribution in [0.25, 0.3) is 11.4 Å². The molecule has 1 N–H and O–H groups in total. The second-order valence-corrected chi connectivity index (χ2v) is 8.63. The zero-order chi connectivity index (χ0) is 23.6. The third kappa shape index (κ3) is 5.22. The maximum Gasteiger partial charge on any atom is 0.471 e. The molecule has 12 heteroatoms. The highest BCUT2D eigenvalue weighted by Gasteiger charge is 2.38. The van der Waals surface area contributed by atoms with Gasteiger partial charge in [-0.05, 0) is 31.2 Å². The van der Waals surface area contributed by atoms with Crippen molar-refractivity contribution in [2.24, 2.45) is 0 Å². The van der Waals surface area contributed by atoms with Gasteiger partial charge in [0.15, 0.2) is 0 Å². The van der Waals surface area contributed by atoms with Crippen molar-refractivity contribution in [3.05, 3.63) is 57.6 Å². The molecule has 0 aliphatic carbocycles. The van der Waals surface area contributed by atoms with Gasteiger partial charge in [-0.3, -0.25) is 9.59 Å². The number of carbonyl (C=O) groups is 2. The van der Waals surface area contributed by atoms with Gasteiger partial charge in [0.25, 0.3) is 11.8 Å². The van der Waals surface area contributed by atoms with Crippen LogP contribution in [0.5, 0.6) is 0 Å². The topological polar surface area (TPSA) is 97.6 Å². The number of halogens is 3. The average molecular weight is 480 g/mol. The van der Waals surface area contributed by atoms with Gasteiger partial charge in [-0.1, -0.05) is 17.3 Å². The molecule has 4 rings (SSSR count). The summed E-state index contributed by atoms with van der Waals surface area (Å²) in [5.74, 6) is -2.16. The zero-order valence-electron chi connectivity index (χ0n) is 17.4. The Hall–Kier alpha value is -3.25. The first-order chi connectivity index (χ1) is 15.7. The van der Waals surface area contributed by atoms with Gasteiger partial charge in [0, 0.05) is 29.1 Å². The van der Waals surface area contributed by atoms with Crippen LogP contribution < -0.4 is 5.32 Å². The fourth-order valence-electron chi connectivity index (χ4n) is 3.32. The van der Waals surface area contributed by atoms with E-state index < -0.39 is 18.0 Å². The van der Waals surface area contributed by atoms with Gasteiger partial charge in [-0.25, -0.2) is 0 Å². The van der Waals surface area contributed by atoms with Crippen molar-refractivity contribution in [1.29, 1.82) is 0 Å². The van der Waals surface area contributed by atoms with Crippen molar-refractivity contribution in [2.45, 2.75) is 19.1 Å². The van der Waals surface area contributed by atoms with Gasteiger partial charge < -0.3 is 19.5 Å². The molecule has 174 valence electrons. The summed E-state index contributed by atoms with van der Waals surface area (Å²) >= 11 is 1.42. The van der Waals surface area contributed by atoms with Crippen molar-refractivity contribution in [3.63, 3.8) is 0 Å². The number of benzene rings is 1. The number of hydrogen-bond acceptors (Lipinski definition) is 7. The van der Waals surface area contributed by atoms with Crippen LogP contribution >= 0.6 is 11.3 Å². The number of carbonyl (C=O) groups excluding carboxylic acids is 2. The third-order valence-corrected chi connectivity index (χ3v) is 6.00. The average Bonchev–Trinajstić information content (AvgIpc) is 3.47. The number of amides is 2. The molecule has 0 radical (unpaired) electrons. The molecular formula is C21H19F3N4O4S. The second-order valence-electron chi connectivity index (χ2n) is 7.35. The van der Waals surface area contributed by atoms with Crippen LogP contribution in [0.2, 0.25) is 0 Å². The summed E-state index contributed by atoms with van der Waals surface area (Å²) in [6.07, 6.45) is -4.73. The van der Waals surface area contributed by atoms with Crippen molar-refractivity contribution >= 4 is 23.2 Å². The number of hydrogen-bond donors (Lipinski definition) is 1. The molecular weight excluding hydrogens is 461 g/mol. The standard InChI is InChI=1S/C21H19F3N4O4S/c1-12-2-7-16(33-12)19(30)28-8-9-31-11-15(28)10-25-18(29)14-5-3-13(4-6-14)17-26-20(32-27-17)21(22,23)24/h2-7,15H,8-11H2,1H3,(H,25,29)/t15-/m1/s1.